The number of anilines is 1. The second kappa shape index (κ2) is 4.91. The summed E-state index contributed by atoms with van der Waals surface area (Å²) in [4.78, 5) is 4.22. The Hall–Kier alpha value is -1.45. The molecule has 1 aliphatic carbocycles. The smallest absolute Gasteiger partial charge is 0.143 e. The maximum Gasteiger partial charge on any atom is 0.143 e. The van der Waals surface area contributed by atoms with Gasteiger partial charge in [0.25, 0.3) is 0 Å². The predicted octanol–water partition coefficient (Wildman–Crippen LogP) is 4.18. The number of ether oxygens (including phenoxy) is 1. The standard InChI is InChI=1S/C14H12Cl2N2O/c15-11-7-12(16)14(17)18-13(11)8-1-3-9(4-2-8)19-10-5-6-10/h1-4,7,10H,5-6H2,(H2,17,18). The monoisotopic (exact) mass is 294 g/mol. The molecule has 1 heterocycles. The lowest BCUT2D eigenvalue weighted by Crippen LogP contribution is -1.96. The molecule has 1 aliphatic rings. The Balaban J connectivity index is 1.90. The van der Waals surface area contributed by atoms with Gasteiger partial charge in [-0.25, -0.2) is 4.98 Å². The molecule has 5 heteroatoms. The van der Waals surface area contributed by atoms with Gasteiger partial charge in [0.05, 0.1) is 21.8 Å². The van der Waals surface area contributed by atoms with Gasteiger partial charge in [0.15, 0.2) is 0 Å². The Morgan fingerprint density at radius 2 is 1.79 bits per heavy atom. The SMILES string of the molecule is Nc1nc(-c2ccc(OC3CC3)cc2)c(Cl)cc1Cl. The zero-order valence-electron chi connectivity index (χ0n) is 10.1. The van der Waals surface area contributed by atoms with Crippen LogP contribution in [0.15, 0.2) is 30.3 Å². The van der Waals surface area contributed by atoms with E-state index in [9.17, 15) is 0 Å². The highest BCUT2D eigenvalue weighted by molar-refractivity contribution is 6.37. The molecular formula is C14H12Cl2N2O. The molecule has 1 aromatic heterocycles. The van der Waals surface area contributed by atoms with E-state index in [1.165, 1.54) is 0 Å². The van der Waals surface area contributed by atoms with Crippen LogP contribution in [0.2, 0.25) is 10.0 Å². The van der Waals surface area contributed by atoms with Crippen molar-refractivity contribution in [1.82, 2.24) is 4.98 Å². The number of hydrogen-bond acceptors (Lipinski definition) is 3. The van der Waals surface area contributed by atoms with Gasteiger partial charge in [-0.2, -0.15) is 0 Å². The maximum absolute atomic E-state index is 6.14. The molecule has 3 nitrogen and oxygen atoms in total. The van der Waals surface area contributed by atoms with Crippen molar-refractivity contribution in [2.75, 3.05) is 5.73 Å². The van der Waals surface area contributed by atoms with E-state index in [0.717, 1.165) is 24.2 Å². The molecule has 0 radical (unpaired) electrons. The van der Waals surface area contributed by atoms with Crippen molar-refractivity contribution in [3.8, 4) is 17.0 Å². The van der Waals surface area contributed by atoms with Crippen LogP contribution in [0.3, 0.4) is 0 Å². The van der Waals surface area contributed by atoms with Crippen LogP contribution in [0.5, 0.6) is 5.75 Å². The van der Waals surface area contributed by atoms with Crippen LogP contribution in [0.1, 0.15) is 12.8 Å². The minimum atomic E-state index is 0.277. The number of hydrogen-bond donors (Lipinski definition) is 1. The first-order valence-electron chi connectivity index (χ1n) is 6.02. The third-order valence-electron chi connectivity index (χ3n) is 2.91. The van der Waals surface area contributed by atoms with Gasteiger partial charge in [0.1, 0.15) is 11.6 Å². The molecule has 0 saturated heterocycles. The molecule has 0 spiro atoms. The number of rotatable bonds is 3. The van der Waals surface area contributed by atoms with Gasteiger partial charge in [-0.05, 0) is 43.2 Å². The molecule has 3 rings (SSSR count). The normalized spacial score (nSPS) is 14.4. The second-order valence-electron chi connectivity index (χ2n) is 4.53. The molecular weight excluding hydrogens is 283 g/mol. The van der Waals surface area contributed by atoms with E-state index in [-0.39, 0.29) is 5.82 Å². The molecule has 2 aromatic rings. The fourth-order valence-corrected chi connectivity index (χ4v) is 2.22. The number of nitrogen functional groups attached to an aromatic ring is 1. The van der Waals surface area contributed by atoms with Crippen molar-refractivity contribution in [2.24, 2.45) is 0 Å². The summed E-state index contributed by atoms with van der Waals surface area (Å²) in [6, 6.07) is 9.26. The average Bonchev–Trinajstić information content (AvgIpc) is 3.19. The first-order valence-corrected chi connectivity index (χ1v) is 6.77. The molecule has 1 aromatic carbocycles. The van der Waals surface area contributed by atoms with Crippen LogP contribution in [0, 0.1) is 0 Å². The van der Waals surface area contributed by atoms with Crippen molar-refractivity contribution >= 4 is 29.0 Å². The van der Waals surface area contributed by atoms with E-state index in [0.29, 0.717) is 21.8 Å². The third-order valence-corrected chi connectivity index (χ3v) is 3.50. The van der Waals surface area contributed by atoms with Crippen LogP contribution in [-0.4, -0.2) is 11.1 Å². The van der Waals surface area contributed by atoms with Crippen LogP contribution in [-0.2, 0) is 0 Å². The van der Waals surface area contributed by atoms with Crippen molar-refractivity contribution in [1.29, 1.82) is 0 Å². The Bertz CT molecular complexity index is 610. The molecule has 0 aliphatic heterocycles. The van der Waals surface area contributed by atoms with Crippen LogP contribution < -0.4 is 10.5 Å². The quantitative estimate of drug-likeness (QED) is 0.924. The van der Waals surface area contributed by atoms with E-state index < -0.39 is 0 Å². The largest absolute Gasteiger partial charge is 0.490 e. The lowest BCUT2D eigenvalue weighted by Gasteiger charge is -2.08. The van der Waals surface area contributed by atoms with Gasteiger partial charge < -0.3 is 10.5 Å². The summed E-state index contributed by atoms with van der Waals surface area (Å²) in [6.45, 7) is 0. The van der Waals surface area contributed by atoms with Gasteiger partial charge in [0.2, 0.25) is 0 Å². The summed E-state index contributed by atoms with van der Waals surface area (Å²) in [6.07, 6.45) is 2.67. The number of halogens is 2. The molecule has 98 valence electrons. The minimum Gasteiger partial charge on any atom is -0.490 e. The van der Waals surface area contributed by atoms with E-state index >= 15 is 0 Å². The average molecular weight is 295 g/mol. The maximum atomic E-state index is 6.14. The van der Waals surface area contributed by atoms with Gasteiger partial charge >= 0.3 is 0 Å². The number of pyridine rings is 1. The lowest BCUT2D eigenvalue weighted by molar-refractivity contribution is 0.303. The highest BCUT2D eigenvalue weighted by atomic mass is 35.5. The van der Waals surface area contributed by atoms with Crippen molar-refractivity contribution in [2.45, 2.75) is 18.9 Å². The number of benzene rings is 1. The summed E-state index contributed by atoms with van der Waals surface area (Å²) in [5.74, 6) is 1.14. The Kier molecular flexibility index (Phi) is 3.25. The van der Waals surface area contributed by atoms with Gasteiger partial charge in [0, 0.05) is 5.56 Å². The van der Waals surface area contributed by atoms with Gasteiger partial charge in [-0.1, -0.05) is 23.2 Å². The summed E-state index contributed by atoms with van der Waals surface area (Å²) in [5, 5.41) is 0.845. The Morgan fingerprint density at radius 3 is 2.42 bits per heavy atom. The van der Waals surface area contributed by atoms with Crippen LogP contribution in [0.4, 0.5) is 5.82 Å². The van der Waals surface area contributed by atoms with E-state index in [1.54, 1.807) is 6.07 Å². The van der Waals surface area contributed by atoms with E-state index in [2.05, 4.69) is 4.98 Å². The first-order chi connectivity index (χ1) is 9.13. The lowest BCUT2D eigenvalue weighted by atomic mass is 10.1. The summed E-state index contributed by atoms with van der Waals surface area (Å²) < 4.78 is 5.69. The van der Waals surface area contributed by atoms with E-state index in [1.807, 2.05) is 24.3 Å². The second-order valence-corrected chi connectivity index (χ2v) is 5.34. The number of nitrogens with zero attached hydrogens (tertiary/aromatic N) is 1. The molecule has 0 bridgehead atoms. The fraction of sp³-hybridized carbons (Fsp3) is 0.214. The van der Waals surface area contributed by atoms with Crippen molar-refractivity contribution in [3.05, 3.63) is 40.4 Å². The Morgan fingerprint density at radius 1 is 1.11 bits per heavy atom. The summed E-state index contributed by atoms with van der Waals surface area (Å²) in [7, 11) is 0. The van der Waals surface area contributed by atoms with Crippen LogP contribution >= 0.6 is 23.2 Å². The first kappa shape index (κ1) is 12.6. The van der Waals surface area contributed by atoms with Crippen molar-refractivity contribution in [3.63, 3.8) is 0 Å². The highest BCUT2D eigenvalue weighted by Crippen LogP contribution is 2.33. The predicted molar refractivity (Wildman–Crippen MR) is 77.8 cm³/mol. The zero-order valence-corrected chi connectivity index (χ0v) is 11.6. The van der Waals surface area contributed by atoms with Gasteiger partial charge in [-0.3, -0.25) is 0 Å². The fourth-order valence-electron chi connectivity index (χ4n) is 1.75. The molecule has 0 unspecified atom stereocenters. The van der Waals surface area contributed by atoms with E-state index in [4.69, 9.17) is 33.7 Å². The Labute approximate surface area is 121 Å². The molecule has 0 amide bonds. The summed E-state index contributed by atoms with van der Waals surface area (Å²) >= 11 is 12.0. The molecule has 19 heavy (non-hydrogen) atoms. The van der Waals surface area contributed by atoms with Crippen LogP contribution in [0.25, 0.3) is 11.3 Å². The molecule has 1 fully saturated rings. The summed E-state index contributed by atoms with van der Waals surface area (Å²) in [5.41, 5.74) is 7.22. The highest BCUT2D eigenvalue weighted by Gasteiger charge is 2.23. The molecule has 0 atom stereocenters. The zero-order chi connectivity index (χ0) is 13.4. The van der Waals surface area contributed by atoms with Gasteiger partial charge in [-0.15, -0.1) is 0 Å². The third kappa shape index (κ3) is 2.77. The molecule has 2 N–H and O–H groups in total. The topological polar surface area (TPSA) is 48.1 Å². The number of aromatic nitrogens is 1. The molecule has 1 saturated carbocycles. The number of nitrogens with two attached hydrogens (primary N) is 1. The minimum absolute atomic E-state index is 0.277. The van der Waals surface area contributed by atoms with Crippen molar-refractivity contribution < 1.29 is 4.74 Å².